The highest BCUT2D eigenvalue weighted by atomic mass is 16.3. The molecule has 0 bridgehead atoms. The third kappa shape index (κ3) is 8.62. The SMILES string of the molecule is BC(CCCC)CCCCC(O)CC. The molecule has 0 spiro atoms. The summed E-state index contributed by atoms with van der Waals surface area (Å²) < 4.78 is 0. The molecule has 0 aromatic rings. The zero-order chi connectivity index (χ0) is 10.8. The number of hydrogen-bond donors (Lipinski definition) is 1. The third-order valence-electron chi connectivity index (χ3n) is 3.01. The summed E-state index contributed by atoms with van der Waals surface area (Å²) in [6.07, 6.45) is 9.76. The van der Waals surface area contributed by atoms with Crippen molar-refractivity contribution in [3.8, 4) is 0 Å². The Kier molecular flexibility index (Phi) is 9.59. The first-order valence-electron chi connectivity index (χ1n) is 6.38. The minimum absolute atomic E-state index is 0.0547. The molecule has 0 aliphatic heterocycles. The second kappa shape index (κ2) is 9.58. The van der Waals surface area contributed by atoms with Gasteiger partial charge in [-0.1, -0.05) is 58.2 Å². The zero-order valence-electron chi connectivity index (χ0n) is 10.3. The first-order valence-corrected chi connectivity index (χ1v) is 6.38. The average Bonchev–Trinajstić information content (AvgIpc) is 2.21. The Hall–Kier alpha value is 0.0249. The van der Waals surface area contributed by atoms with Gasteiger partial charge in [0.15, 0.2) is 0 Å². The minimum Gasteiger partial charge on any atom is -0.393 e. The summed E-state index contributed by atoms with van der Waals surface area (Å²) in [6.45, 7) is 4.30. The van der Waals surface area contributed by atoms with E-state index in [4.69, 9.17) is 0 Å². The molecule has 0 saturated heterocycles. The van der Waals surface area contributed by atoms with Crippen molar-refractivity contribution in [2.24, 2.45) is 0 Å². The molecular weight excluding hydrogens is 171 g/mol. The van der Waals surface area contributed by atoms with Crippen molar-refractivity contribution < 1.29 is 5.11 Å². The molecule has 14 heavy (non-hydrogen) atoms. The number of aliphatic hydroxyl groups excluding tert-OH is 1. The lowest BCUT2D eigenvalue weighted by Crippen LogP contribution is -2.03. The van der Waals surface area contributed by atoms with E-state index in [9.17, 15) is 5.11 Å². The van der Waals surface area contributed by atoms with Gasteiger partial charge in [-0.15, -0.1) is 0 Å². The van der Waals surface area contributed by atoms with Gasteiger partial charge < -0.3 is 5.11 Å². The van der Waals surface area contributed by atoms with Gasteiger partial charge in [-0.05, 0) is 12.8 Å². The number of unbranched alkanes of at least 4 members (excludes halogenated alkanes) is 2. The van der Waals surface area contributed by atoms with Crippen molar-refractivity contribution in [2.75, 3.05) is 0 Å². The molecule has 0 aliphatic carbocycles. The van der Waals surface area contributed by atoms with Gasteiger partial charge in [0.05, 0.1) is 6.10 Å². The van der Waals surface area contributed by atoms with E-state index < -0.39 is 0 Å². The van der Waals surface area contributed by atoms with E-state index in [1.807, 2.05) is 0 Å². The molecule has 84 valence electrons. The van der Waals surface area contributed by atoms with Crippen LogP contribution >= 0.6 is 0 Å². The lowest BCUT2D eigenvalue weighted by molar-refractivity contribution is 0.156. The van der Waals surface area contributed by atoms with Crippen LogP contribution in [0.5, 0.6) is 0 Å². The smallest absolute Gasteiger partial charge is 0.105 e. The highest BCUT2D eigenvalue weighted by molar-refractivity contribution is 6.11. The van der Waals surface area contributed by atoms with Crippen molar-refractivity contribution in [2.45, 2.75) is 77.1 Å². The van der Waals surface area contributed by atoms with Crippen molar-refractivity contribution in [1.29, 1.82) is 0 Å². The molecule has 0 rings (SSSR count). The van der Waals surface area contributed by atoms with Crippen LogP contribution in [0.4, 0.5) is 0 Å². The molecule has 0 heterocycles. The molecule has 0 aromatic heterocycles. The number of hydrogen-bond acceptors (Lipinski definition) is 1. The largest absolute Gasteiger partial charge is 0.393 e. The Morgan fingerprint density at radius 3 is 2.14 bits per heavy atom. The minimum atomic E-state index is -0.0547. The highest BCUT2D eigenvalue weighted by Crippen LogP contribution is 2.19. The van der Waals surface area contributed by atoms with Gasteiger partial charge in [0.2, 0.25) is 0 Å². The monoisotopic (exact) mass is 198 g/mol. The lowest BCUT2D eigenvalue weighted by Gasteiger charge is -2.11. The van der Waals surface area contributed by atoms with Gasteiger partial charge in [-0.2, -0.15) is 0 Å². The van der Waals surface area contributed by atoms with Crippen molar-refractivity contribution in [3.63, 3.8) is 0 Å². The van der Waals surface area contributed by atoms with Crippen LogP contribution in [0.15, 0.2) is 0 Å². The molecule has 1 nitrogen and oxygen atoms in total. The summed E-state index contributed by atoms with van der Waals surface area (Å²) in [6, 6.07) is 0. The molecule has 0 amide bonds. The van der Waals surface area contributed by atoms with Crippen LogP contribution in [-0.2, 0) is 0 Å². The fraction of sp³-hybridized carbons (Fsp3) is 1.00. The molecular formula is C12H27BO. The first-order chi connectivity index (χ1) is 6.70. The van der Waals surface area contributed by atoms with Gasteiger partial charge in [0.1, 0.15) is 7.85 Å². The van der Waals surface area contributed by atoms with E-state index >= 15 is 0 Å². The second-order valence-corrected chi connectivity index (χ2v) is 4.59. The van der Waals surface area contributed by atoms with Crippen LogP contribution < -0.4 is 0 Å². The predicted octanol–water partition coefficient (Wildman–Crippen LogP) is 2.93. The summed E-state index contributed by atoms with van der Waals surface area (Å²) in [4.78, 5) is 0. The van der Waals surface area contributed by atoms with Gasteiger partial charge in [0.25, 0.3) is 0 Å². The van der Waals surface area contributed by atoms with E-state index in [0.29, 0.717) is 0 Å². The van der Waals surface area contributed by atoms with Crippen LogP contribution in [0, 0.1) is 0 Å². The van der Waals surface area contributed by atoms with Gasteiger partial charge in [-0.25, -0.2) is 0 Å². The Morgan fingerprint density at radius 2 is 1.57 bits per heavy atom. The normalized spacial score (nSPS) is 15.4. The maximum absolute atomic E-state index is 9.36. The van der Waals surface area contributed by atoms with E-state index in [0.717, 1.165) is 18.7 Å². The van der Waals surface area contributed by atoms with Gasteiger partial charge >= 0.3 is 0 Å². The molecule has 0 saturated carbocycles. The Labute approximate surface area is 90.7 Å². The molecule has 0 aliphatic rings. The fourth-order valence-electron chi connectivity index (χ4n) is 1.77. The predicted molar refractivity (Wildman–Crippen MR) is 66.6 cm³/mol. The summed E-state index contributed by atoms with van der Waals surface area (Å²) in [5, 5.41) is 9.36. The van der Waals surface area contributed by atoms with Crippen LogP contribution in [0.2, 0.25) is 5.82 Å². The van der Waals surface area contributed by atoms with E-state index in [1.165, 1.54) is 38.5 Å². The molecule has 0 radical (unpaired) electrons. The Morgan fingerprint density at radius 1 is 1.00 bits per heavy atom. The lowest BCUT2D eigenvalue weighted by atomic mass is 9.79. The summed E-state index contributed by atoms with van der Waals surface area (Å²) in [5.74, 6) is 0.883. The van der Waals surface area contributed by atoms with Crippen LogP contribution in [-0.4, -0.2) is 19.1 Å². The topological polar surface area (TPSA) is 20.2 Å². The molecule has 2 atom stereocenters. The standard InChI is InChI=1S/C12H27BO/c1-3-5-8-11(13)9-6-7-10-12(14)4-2/h11-12,14H,3-10,13H2,1-2H3. The van der Waals surface area contributed by atoms with Crippen molar-refractivity contribution in [1.82, 2.24) is 0 Å². The molecule has 0 fully saturated rings. The van der Waals surface area contributed by atoms with Crippen molar-refractivity contribution in [3.05, 3.63) is 0 Å². The fourth-order valence-corrected chi connectivity index (χ4v) is 1.77. The van der Waals surface area contributed by atoms with E-state index in [1.54, 1.807) is 0 Å². The number of aliphatic hydroxyl groups is 1. The Balaban J connectivity index is 3.18. The zero-order valence-corrected chi connectivity index (χ0v) is 10.3. The first kappa shape index (κ1) is 14.0. The second-order valence-electron chi connectivity index (χ2n) is 4.59. The quantitative estimate of drug-likeness (QED) is 0.446. The molecule has 2 unspecified atom stereocenters. The summed E-state index contributed by atoms with van der Waals surface area (Å²) in [7, 11) is 2.35. The van der Waals surface area contributed by atoms with Gasteiger partial charge in [-0.3, -0.25) is 0 Å². The molecule has 2 heteroatoms. The maximum atomic E-state index is 9.36. The van der Waals surface area contributed by atoms with Crippen LogP contribution in [0.3, 0.4) is 0 Å². The average molecular weight is 198 g/mol. The Bertz CT molecular complexity index is 117. The maximum Gasteiger partial charge on any atom is 0.105 e. The molecule has 0 aromatic carbocycles. The summed E-state index contributed by atoms with van der Waals surface area (Å²) in [5.41, 5.74) is 0. The molecule has 1 N–H and O–H groups in total. The third-order valence-corrected chi connectivity index (χ3v) is 3.01. The van der Waals surface area contributed by atoms with E-state index in [-0.39, 0.29) is 6.10 Å². The number of rotatable bonds is 9. The summed E-state index contributed by atoms with van der Waals surface area (Å²) >= 11 is 0. The highest BCUT2D eigenvalue weighted by Gasteiger charge is 2.03. The van der Waals surface area contributed by atoms with Crippen molar-refractivity contribution >= 4 is 7.85 Å². The van der Waals surface area contributed by atoms with Gasteiger partial charge in [0, 0.05) is 0 Å². The van der Waals surface area contributed by atoms with E-state index in [2.05, 4.69) is 21.7 Å². The van der Waals surface area contributed by atoms with Crippen LogP contribution in [0.1, 0.15) is 65.2 Å². The van der Waals surface area contributed by atoms with Crippen LogP contribution in [0.25, 0.3) is 0 Å².